The van der Waals surface area contributed by atoms with Crippen molar-refractivity contribution in [3.05, 3.63) is 15.6 Å². The molecule has 0 radical (unpaired) electrons. The minimum atomic E-state index is 0.897. The molecule has 1 aromatic rings. The number of halogens is 1. The highest BCUT2D eigenvalue weighted by Crippen LogP contribution is 2.16. The quantitative estimate of drug-likeness (QED) is 0.639. The van der Waals surface area contributed by atoms with Gasteiger partial charge >= 0.3 is 0 Å². The SMILES string of the molecule is CCCSCc1ncc(I)c(NCC)n1. The summed E-state index contributed by atoms with van der Waals surface area (Å²) in [7, 11) is 0. The van der Waals surface area contributed by atoms with E-state index in [1.54, 1.807) is 0 Å². The Morgan fingerprint density at radius 3 is 2.93 bits per heavy atom. The van der Waals surface area contributed by atoms with E-state index in [4.69, 9.17) is 0 Å². The number of nitrogens with one attached hydrogen (secondary N) is 1. The predicted molar refractivity (Wildman–Crippen MR) is 75.4 cm³/mol. The van der Waals surface area contributed by atoms with Crippen LogP contribution in [0.5, 0.6) is 0 Å². The van der Waals surface area contributed by atoms with Crippen LogP contribution in [0, 0.1) is 3.57 Å². The third-order valence-electron chi connectivity index (χ3n) is 1.72. The second-order valence-electron chi connectivity index (χ2n) is 3.07. The Kier molecular flexibility index (Phi) is 6.31. The molecule has 0 amide bonds. The van der Waals surface area contributed by atoms with Gasteiger partial charge < -0.3 is 5.32 Å². The molecule has 84 valence electrons. The van der Waals surface area contributed by atoms with E-state index in [1.807, 2.05) is 18.0 Å². The fraction of sp³-hybridized carbons (Fsp3) is 0.600. The summed E-state index contributed by atoms with van der Waals surface area (Å²) in [5.74, 6) is 3.96. The van der Waals surface area contributed by atoms with E-state index in [-0.39, 0.29) is 0 Å². The maximum absolute atomic E-state index is 4.48. The Bertz CT molecular complexity index is 307. The molecule has 0 saturated heterocycles. The van der Waals surface area contributed by atoms with Crippen LogP contribution in [0.25, 0.3) is 0 Å². The van der Waals surface area contributed by atoms with Crippen LogP contribution in [0.4, 0.5) is 5.82 Å². The first-order valence-electron chi connectivity index (χ1n) is 5.11. The topological polar surface area (TPSA) is 37.8 Å². The van der Waals surface area contributed by atoms with Crippen molar-refractivity contribution in [3.63, 3.8) is 0 Å². The molecule has 0 aliphatic carbocycles. The summed E-state index contributed by atoms with van der Waals surface area (Å²) < 4.78 is 1.08. The molecule has 0 fully saturated rings. The van der Waals surface area contributed by atoms with Crippen molar-refractivity contribution in [2.75, 3.05) is 17.6 Å². The predicted octanol–water partition coefficient (Wildman–Crippen LogP) is 3.16. The lowest BCUT2D eigenvalue weighted by Crippen LogP contribution is -2.05. The summed E-state index contributed by atoms with van der Waals surface area (Å²) in [6.45, 7) is 5.16. The van der Waals surface area contributed by atoms with Gasteiger partial charge in [0.15, 0.2) is 0 Å². The van der Waals surface area contributed by atoms with E-state index in [2.05, 4.69) is 51.7 Å². The Morgan fingerprint density at radius 1 is 1.47 bits per heavy atom. The third kappa shape index (κ3) is 4.55. The van der Waals surface area contributed by atoms with Gasteiger partial charge in [-0.25, -0.2) is 9.97 Å². The van der Waals surface area contributed by atoms with Crippen LogP contribution < -0.4 is 5.32 Å². The van der Waals surface area contributed by atoms with Crippen molar-refractivity contribution < 1.29 is 0 Å². The molecule has 0 aliphatic rings. The first kappa shape index (κ1) is 13.0. The van der Waals surface area contributed by atoms with Crippen LogP contribution in [-0.4, -0.2) is 22.3 Å². The van der Waals surface area contributed by atoms with Crippen LogP contribution in [0.15, 0.2) is 6.20 Å². The van der Waals surface area contributed by atoms with E-state index >= 15 is 0 Å². The van der Waals surface area contributed by atoms with Gasteiger partial charge in [0.1, 0.15) is 11.6 Å². The summed E-state index contributed by atoms with van der Waals surface area (Å²) in [6, 6.07) is 0. The van der Waals surface area contributed by atoms with Crippen LogP contribution >= 0.6 is 34.4 Å². The van der Waals surface area contributed by atoms with Gasteiger partial charge in [-0.05, 0) is 41.7 Å². The number of hydrogen-bond acceptors (Lipinski definition) is 4. The van der Waals surface area contributed by atoms with Crippen LogP contribution in [0.3, 0.4) is 0 Å². The second kappa shape index (κ2) is 7.27. The Balaban J connectivity index is 2.61. The molecule has 0 unspecified atom stereocenters. The first-order chi connectivity index (χ1) is 7.27. The second-order valence-corrected chi connectivity index (χ2v) is 5.33. The van der Waals surface area contributed by atoms with Gasteiger partial charge in [0.2, 0.25) is 0 Å². The summed E-state index contributed by atoms with van der Waals surface area (Å²) in [5.41, 5.74) is 0. The molecule has 0 aliphatic heterocycles. The summed E-state index contributed by atoms with van der Waals surface area (Å²) in [6.07, 6.45) is 3.09. The third-order valence-corrected chi connectivity index (χ3v) is 3.67. The number of aromatic nitrogens is 2. The lowest BCUT2D eigenvalue weighted by molar-refractivity contribution is 1.00. The van der Waals surface area contributed by atoms with Crippen molar-refractivity contribution in [1.29, 1.82) is 0 Å². The monoisotopic (exact) mass is 337 g/mol. The highest BCUT2D eigenvalue weighted by molar-refractivity contribution is 14.1. The maximum atomic E-state index is 4.48. The lowest BCUT2D eigenvalue weighted by Gasteiger charge is -2.06. The van der Waals surface area contributed by atoms with E-state index in [9.17, 15) is 0 Å². The molecule has 5 heteroatoms. The van der Waals surface area contributed by atoms with Gasteiger partial charge in [0, 0.05) is 12.7 Å². The summed E-state index contributed by atoms with van der Waals surface area (Å²) >= 11 is 4.13. The van der Waals surface area contributed by atoms with Gasteiger partial charge in [-0.15, -0.1) is 0 Å². The van der Waals surface area contributed by atoms with E-state index in [1.165, 1.54) is 12.2 Å². The van der Waals surface area contributed by atoms with Gasteiger partial charge in [-0.2, -0.15) is 11.8 Å². The standard InChI is InChI=1S/C10H16IN3S/c1-3-5-15-7-9-13-6-8(11)10(14-9)12-4-2/h6H,3-5,7H2,1-2H3,(H,12,13,14). The minimum absolute atomic E-state index is 0.897. The maximum Gasteiger partial charge on any atom is 0.143 e. The Hall–Kier alpha value is -0.0400. The molecule has 1 heterocycles. The van der Waals surface area contributed by atoms with Crippen LogP contribution in [-0.2, 0) is 5.75 Å². The zero-order chi connectivity index (χ0) is 11.1. The molecule has 0 saturated carbocycles. The number of anilines is 1. The van der Waals surface area contributed by atoms with Crippen molar-refractivity contribution in [2.24, 2.45) is 0 Å². The van der Waals surface area contributed by atoms with Gasteiger partial charge in [0.25, 0.3) is 0 Å². The highest BCUT2D eigenvalue weighted by atomic mass is 127. The number of rotatable bonds is 6. The van der Waals surface area contributed by atoms with Gasteiger partial charge in [-0.3, -0.25) is 0 Å². The van der Waals surface area contributed by atoms with E-state index in [0.29, 0.717) is 0 Å². The first-order valence-corrected chi connectivity index (χ1v) is 7.34. The molecule has 1 N–H and O–H groups in total. The molecular weight excluding hydrogens is 321 g/mol. The zero-order valence-corrected chi connectivity index (χ0v) is 12.1. The molecule has 15 heavy (non-hydrogen) atoms. The van der Waals surface area contributed by atoms with Gasteiger partial charge in [0.05, 0.1) is 9.32 Å². The van der Waals surface area contributed by atoms with Crippen molar-refractivity contribution in [1.82, 2.24) is 9.97 Å². The average molecular weight is 337 g/mol. The Labute approximate surface area is 109 Å². The zero-order valence-electron chi connectivity index (χ0n) is 9.09. The smallest absolute Gasteiger partial charge is 0.143 e. The minimum Gasteiger partial charge on any atom is -0.369 e. The molecule has 1 aromatic heterocycles. The Morgan fingerprint density at radius 2 is 2.27 bits per heavy atom. The molecule has 0 spiro atoms. The summed E-state index contributed by atoms with van der Waals surface area (Å²) in [5, 5.41) is 3.24. The fourth-order valence-electron chi connectivity index (χ4n) is 1.07. The largest absolute Gasteiger partial charge is 0.369 e. The molecule has 0 aromatic carbocycles. The molecule has 0 bridgehead atoms. The molecule has 0 atom stereocenters. The fourth-order valence-corrected chi connectivity index (χ4v) is 2.28. The number of hydrogen-bond donors (Lipinski definition) is 1. The van der Waals surface area contributed by atoms with Crippen molar-refractivity contribution in [3.8, 4) is 0 Å². The van der Waals surface area contributed by atoms with Crippen molar-refractivity contribution in [2.45, 2.75) is 26.0 Å². The van der Waals surface area contributed by atoms with Crippen LogP contribution in [0.2, 0.25) is 0 Å². The van der Waals surface area contributed by atoms with Crippen molar-refractivity contribution >= 4 is 40.2 Å². The van der Waals surface area contributed by atoms with Crippen LogP contribution in [0.1, 0.15) is 26.1 Å². The molecule has 1 rings (SSSR count). The lowest BCUT2D eigenvalue weighted by atomic mass is 10.5. The van der Waals surface area contributed by atoms with Gasteiger partial charge in [-0.1, -0.05) is 6.92 Å². The highest BCUT2D eigenvalue weighted by Gasteiger charge is 2.03. The molecular formula is C10H16IN3S. The normalized spacial score (nSPS) is 10.3. The van der Waals surface area contributed by atoms with E-state index in [0.717, 1.165) is 27.5 Å². The average Bonchev–Trinajstić information content (AvgIpc) is 2.23. The van der Waals surface area contributed by atoms with E-state index < -0.39 is 0 Å². The number of nitrogens with zero attached hydrogens (tertiary/aromatic N) is 2. The number of thioether (sulfide) groups is 1. The summed E-state index contributed by atoms with van der Waals surface area (Å²) in [4.78, 5) is 8.80. The molecule has 3 nitrogen and oxygen atoms in total.